The SMILES string of the molecule is CCCN(CC(=O)Nc1ccccc1OC)CC(=O)N1CCC(C)Sc2ccccc21. The van der Waals surface area contributed by atoms with E-state index in [0.29, 0.717) is 29.8 Å². The number of hydrogen-bond acceptors (Lipinski definition) is 5. The van der Waals surface area contributed by atoms with Gasteiger partial charge in [0, 0.05) is 16.7 Å². The zero-order valence-electron chi connectivity index (χ0n) is 18.5. The van der Waals surface area contributed by atoms with Crippen molar-refractivity contribution in [1.82, 2.24) is 4.90 Å². The van der Waals surface area contributed by atoms with Gasteiger partial charge in [0.1, 0.15) is 5.75 Å². The molecule has 2 aromatic rings. The van der Waals surface area contributed by atoms with Gasteiger partial charge < -0.3 is 15.0 Å². The van der Waals surface area contributed by atoms with E-state index in [2.05, 4.69) is 25.2 Å². The molecular formula is C24H31N3O3S. The number of amides is 2. The molecular weight excluding hydrogens is 410 g/mol. The van der Waals surface area contributed by atoms with Crippen molar-refractivity contribution in [2.75, 3.05) is 43.5 Å². The van der Waals surface area contributed by atoms with E-state index >= 15 is 0 Å². The molecule has 1 aliphatic heterocycles. The van der Waals surface area contributed by atoms with E-state index in [1.807, 2.05) is 51.9 Å². The van der Waals surface area contributed by atoms with Gasteiger partial charge in [-0.2, -0.15) is 0 Å². The number of ether oxygens (including phenoxy) is 1. The van der Waals surface area contributed by atoms with Crippen LogP contribution in [0.1, 0.15) is 26.7 Å². The van der Waals surface area contributed by atoms with Crippen LogP contribution in [-0.4, -0.2) is 55.3 Å². The highest BCUT2D eigenvalue weighted by Crippen LogP contribution is 2.37. The summed E-state index contributed by atoms with van der Waals surface area (Å²) in [5, 5.41) is 3.36. The van der Waals surface area contributed by atoms with Crippen LogP contribution in [0, 0.1) is 0 Å². The molecule has 1 atom stereocenters. The van der Waals surface area contributed by atoms with Crippen molar-refractivity contribution in [2.45, 2.75) is 36.8 Å². The van der Waals surface area contributed by atoms with Crippen molar-refractivity contribution in [1.29, 1.82) is 0 Å². The van der Waals surface area contributed by atoms with Crippen LogP contribution in [-0.2, 0) is 9.59 Å². The van der Waals surface area contributed by atoms with Gasteiger partial charge in [-0.1, -0.05) is 38.1 Å². The zero-order chi connectivity index (χ0) is 22.2. The molecule has 0 saturated carbocycles. The number of benzene rings is 2. The fourth-order valence-electron chi connectivity index (χ4n) is 3.69. The number of thioether (sulfide) groups is 1. The number of hydrogen-bond donors (Lipinski definition) is 1. The normalized spacial score (nSPS) is 15.9. The van der Waals surface area contributed by atoms with E-state index < -0.39 is 0 Å². The predicted octanol–water partition coefficient (Wildman–Crippen LogP) is 4.26. The molecule has 31 heavy (non-hydrogen) atoms. The molecule has 0 spiro atoms. The lowest BCUT2D eigenvalue weighted by Crippen LogP contribution is -2.44. The van der Waals surface area contributed by atoms with Crippen LogP contribution < -0.4 is 15.0 Å². The lowest BCUT2D eigenvalue weighted by Gasteiger charge is -2.27. The van der Waals surface area contributed by atoms with Crippen molar-refractivity contribution in [2.24, 2.45) is 0 Å². The van der Waals surface area contributed by atoms with Crippen molar-refractivity contribution in [3.63, 3.8) is 0 Å². The van der Waals surface area contributed by atoms with Gasteiger partial charge in [0.2, 0.25) is 11.8 Å². The van der Waals surface area contributed by atoms with Crippen LogP contribution in [0.15, 0.2) is 53.4 Å². The van der Waals surface area contributed by atoms with Gasteiger partial charge in [0.05, 0.1) is 31.6 Å². The summed E-state index contributed by atoms with van der Waals surface area (Å²) in [7, 11) is 1.57. The van der Waals surface area contributed by atoms with Gasteiger partial charge in [0.25, 0.3) is 0 Å². The van der Waals surface area contributed by atoms with E-state index in [1.165, 1.54) is 0 Å². The van der Waals surface area contributed by atoms with E-state index in [-0.39, 0.29) is 24.9 Å². The van der Waals surface area contributed by atoms with Gasteiger partial charge in [0.15, 0.2) is 0 Å². The Labute approximate surface area is 188 Å². The predicted molar refractivity (Wildman–Crippen MR) is 127 cm³/mol. The van der Waals surface area contributed by atoms with Gasteiger partial charge in [-0.25, -0.2) is 0 Å². The van der Waals surface area contributed by atoms with Crippen LogP contribution >= 0.6 is 11.8 Å². The second kappa shape index (κ2) is 11.2. The summed E-state index contributed by atoms with van der Waals surface area (Å²) in [6, 6.07) is 15.4. The monoisotopic (exact) mass is 441 g/mol. The van der Waals surface area contributed by atoms with E-state index in [9.17, 15) is 9.59 Å². The fourth-order valence-corrected chi connectivity index (χ4v) is 4.81. The molecule has 0 bridgehead atoms. The zero-order valence-corrected chi connectivity index (χ0v) is 19.3. The molecule has 1 aliphatic rings. The van der Waals surface area contributed by atoms with Gasteiger partial charge in [-0.05, 0) is 43.7 Å². The molecule has 1 heterocycles. The number of fused-ring (bicyclic) bond motifs is 1. The minimum absolute atomic E-state index is 0.0284. The van der Waals surface area contributed by atoms with E-state index in [0.717, 1.165) is 23.4 Å². The summed E-state index contributed by atoms with van der Waals surface area (Å²) in [5.41, 5.74) is 1.60. The largest absolute Gasteiger partial charge is 0.495 e. The molecule has 166 valence electrons. The summed E-state index contributed by atoms with van der Waals surface area (Å²) >= 11 is 1.81. The minimum Gasteiger partial charge on any atom is -0.495 e. The third-order valence-corrected chi connectivity index (χ3v) is 6.43. The first-order valence-electron chi connectivity index (χ1n) is 10.7. The summed E-state index contributed by atoms with van der Waals surface area (Å²) < 4.78 is 5.31. The highest BCUT2D eigenvalue weighted by Gasteiger charge is 2.26. The highest BCUT2D eigenvalue weighted by atomic mass is 32.2. The van der Waals surface area contributed by atoms with Gasteiger partial charge >= 0.3 is 0 Å². The molecule has 2 amide bonds. The minimum atomic E-state index is -0.161. The lowest BCUT2D eigenvalue weighted by molar-refractivity contribution is -0.121. The van der Waals surface area contributed by atoms with Crippen LogP contribution in [0.4, 0.5) is 11.4 Å². The number of para-hydroxylation sites is 3. The number of carbonyl (C=O) groups is 2. The summed E-state index contributed by atoms with van der Waals surface area (Å²) in [6.07, 6.45) is 1.80. The molecule has 6 nitrogen and oxygen atoms in total. The molecule has 0 aromatic heterocycles. The Morgan fingerprint density at radius 2 is 1.90 bits per heavy atom. The highest BCUT2D eigenvalue weighted by molar-refractivity contribution is 8.00. The second-order valence-corrected chi connectivity index (χ2v) is 9.17. The maximum atomic E-state index is 13.3. The first-order chi connectivity index (χ1) is 15.0. The van der Waals surface area contributed by atoms with Crippen molar-refractivity contribution in [3.8, 4) is 5.75 Å². The van der Waals surface area contributed by atoms with Crippen LogP contribution in [0.5, 0.6) is 5.75 Å². The number of nitrogens with one attached hydrogen (secondary N) is 1. The Morgan fingerprint density at radius 1 is 1.16 bits per heavy atom. The lowest BCUT2D eigenvalue weighted by atomic mass is 10.2. The Morgan fingerprint density at radius 3 is 2.68 bits per heavy atom. The van der Waals surface area contributed by atoms with Crippen molar-refractivity contribution in [3.05, 3.63) is 48.5 Å². The molecule has 1 unspecified atom stereocenters. The van der Waals surface area contributed by atoms with Gasteiger partial charge in [-0.15, -0.1) is 11.8 Å². The number of rotatable bonds is 8. The van der Waals surface area contributed by atoms with Crippen molar-refractivity contribution >= 4 is 35.0 Å². The van der Waals surface area contributed by atoms with Gasteiger partial charge in [-0.3, -0.25) is 14.5 Å². The Hall–Kier alpha value is -2.51. The molecule has 7 heteroatoms. The summed E-state index contributed by atoms with van der Waals surface area (Å²) in [6.45, 7) is 5.97. The first kappa shape index (κ1) is 23.2. The van der Waals surface area contributed by atoms with Crippen LogP contribution in [0.25, 0.3) is 0 Å². The third kappa shape index (κ3) is 6.24. The molecule has 0 fully saturated rings. The molecule has 3 rings (SSSR count). The standard InChI is InChI=1S/C24H31N3O3S/c1-4-14-26(16-23(28)25-19-9-5-7-11-21(19)30-3)17-24(29)27-15-13-18(2)31-22-12-8-6-10-20(22)27/h5-12,18H,4,13-17H2,1-3H3,(H,25,28). The molecule has 0 saturated heterocycles. The average molecular weight is 442 g/mol. The third-order valence-electron chi connectivity index (χ3n) is 5.19. The average Bonchev–Trinajstić information content (AvgIpc) is 2.92. The summed E-state index contributed by atoms with van der Waals surface area (Å²) in [4.78, 5) is 30.9. The van der Waals surface area contributed by atoms with Crippen LogP contribution in [0.3, 0.4) is 0 Å². The number of carbonyl (C=O) groups excluding carboxylic acids is 2. The van der Waals surface area contributed by atoms with E-state index in [1.54, 1.807) is 19.2 Å². The fraction of sp³-hybridized carbons (Fsp3) is 0.417. The maximum Gasteiger partial charge on any atom is 0.241 e. The molecule has 0 radical (unpaired) electrons. The molecule has 1 N–H and O–H groups in total. The topological polar surface area (TPSA) is 61.9 Å². The Bertz CT molecular complexity index is 905. The number of nitrogens with zero attached hydrogens (tertiary/aromatic N) is 2. The maximum absolute atomic E-state index is 13.3. The Balaban J connectivity index is 1.68. The Kier molecular flexibility index (Phi) is 8.37. The van der Waals surface area contributed by atoms with Crippen molar-refractivity contribution < 1.29 is 14.3 Å². The smallest absolute Gasteiger partial charge is 0.241 e. The van der Waals surface area contributed by atoms with Crippen LogP contribution in [0.2, 0.25) is 0 Å². The number of anilines is 2. The first-order valence-corrected chi connectivity index (χ1v) is 11.6. The second-order valence-electron chi connectivity index (χ2n) is 7.69. The van der Waals surface area contributed by atoms with E-state index in [4.69, 9.17) is 4.74 Å². The molecule has 2 aromatic carbocycles. The quantitative estimate of drug-likeness (QED) is 0.663. The summed E-state index contributed by atoms with van der Waals surface area (Å²) in [5.74, 6) is 0.480. The molecule has 0 aliphatic carbocycles. The number of methoxy groups -OCH3 is 1.